The van der Waals surface area contributed by atoms with Gasteiger partial charge in [-0.25, -0.2) is 0 Å². The maximum atomic E-state index is 9.52. The molecule has 0 radical (unpaired) electrons. The van der Waals surface area contributed by atoms with Crippen LogP contribution in [0, 0.1) is 5.92 Å². The van der Waals surface area contributed by atoms with E-state index < -0.39 is 5.60 Å². The van der Waals surface area contributed by atoms with E-state index in [1.165, 1.54) is 0 Å². The van der Waals surface area contributed by atoms with Gasteiger partial charge in [-0.05, 0) is 18.8 Å². The van der Waals surface area contributed by atoms with Gasteiger partial charge in [0.1, 0.15) is 0 Å². The Labute approximate surface area is 55.5 Å². The van der Waals surface area contributed by atoms with Gasteiger partial charge in [0.05, 0.1) is 12.2 Å². The van der Waals surface area contributed by atoms with E-state index in [1.54, 1.807) is 0 Å². The zero-order chi connectivity index (χ0) is 6.91. The third-order valence-corrected chi connectivity index (χ3v) is 2.44. The average Bonchev–Trinajstić information content (AvgIpc) is 2.15. The summed E-state index contributed by atoms with van der Waals surface area (Å²) in [6, 6.07) is 0. The molecule has 9 heavy (non-hydrogen) atoms. The van der Waals surface area contributed by atoms with Crippen molar-refractivity contribution >= 4 is 0 Å². The van der Waals surface area contributed by atoms with Crippen molar-refractivity contribution in [2.75, 3.05) is 6.61 Å². The Balaban J connectivity index is 2.56. The van der Waals surface area contributed by atoms with Gasteiger partial charge < -0.3 is 10.2 Å². The Hall–Kier alpha value is -0.0800. The van der Waals surface area contributed by atoms with Gasteiger partial charge in [-0.2, -0.15) is 0 Å². The summed E-state index contributed by atoms with van der Waals surface area (Å²) < 4.78 is 0. The van der Waals surface area contributed by atoms with E-state index in [9.17, 15) is 5.11 Å². The Morgan fingerprint density at radius 1 is 1.67 bits per heavy atom. The first-order valence-corrected chi connectivity index (χ1v) is 3.52. The molecule has 0 saturated heterocycles. The van der Waals surface area contributed by atoms with Crippen LogP contribution in [0.15, 0.2) is 0 Å². The fourth-order valence-corrected chi connectivity index (χ4v) is 1.46. The highest BCUT2D eigenvalue weighted by molar-refractivity contribution is 4.88. The molecule has 0 aromatic rings. The van der Waals surface area contributed by atoms with Crippen LogP contribution in [0.1, 0.15) is 26.2 Å². The van der Waals surface area contributed by atoms with Gasteiger partial charge in [-0.1, -0.05) is 13.3 Å². The third-order valence-electron chi connectivity index (χ3n) is 2.44. The standard InChI is InChI=1S/C7H14O2/c1-6-3-2-4-7(6,9)5-8/h6,8-9H,2-5H2,1H3/t6-,7-/m0/s1. The molecule has 54 valence electrons. The van der Waals surface area contributed by atoms with Crippen LogP contribution in [0.5, 0.6) is 0 Å². The van der Waals surface area contributed by atoms with Crippen molar-refractivity contribution in [3.63, 3.8) is 0 Å². The highest BCUT2D eigenvalue weighted by Crippen LogP contribution is 2.34. The average molecular weight is 130 g/mol. The van der Waals surface area contributed by atoms with Crippen LogP contribution in [0.4, 0.5) is 0 Å². The predicted molar refractivity (Wildman–Crippen MR) is 35.1 cm³/mol. The van der Waals surface area contributed by atoms with Crippen LogP contribution in [0.3, 0.4) is 0 Å². The molecule has 0 aliphatic heterocycles. The lowest BCUT2D eigenvalue weighted by atomic mass is 9.94. The van der Waals surface area contributed by atoms with Crippen molar-refractivity contribution < 1.29 is 10.2 Å². The molecule has 1 aliphatic rings. The van der Waals surface area contributed by atoms with E-state index in [0.717, 1.165) is 19.3 Å². The van der Waals surface area contributed by atoms with Gasteiger partial charge in [0.2, 0.25) is 0 Å². The highest BCUT2D eigenvalue weighted by Gasteiger charge is 2.37. The molecule has 2 atom stereocenters. The second-order valence-electron chi connectivity index (χ2n) is 3.05. The van der Waals surface area contributed by atoms with Crippen LogP contribution < -0.4 is 0 Å². The first-order chi connectivity index (χ1) is 4.19. The number of hydrogen-bond acceptors (Lipinski definition) is 2. The molecule has 2 heteroatoms. The van der Waals surface area contributed by atoms with Crippen LogP contribution in [-0.4, -0.2) is 22.4 Å². The van der Waals surface area contributed by atoms with Crippen LogP contribution in [0.25, 0.3) is 0 Å². The lowest BCUT2D eigenvalue weighted by Crippen LogP contribution is -2.35. The summed E-state index contributed by atoms with van der Waals surface area (Å²) >= 11 is 0. The van der Waals surface area contributed by atoms with Crippen molar-refractivity contribution in [3.05, 3.63) is 0 Å². The number of aliphatic hydroxyl groups is 2. The quantitative estimate of drug-likeness (QED) is 0.543. The van der Waals surface area contributed by atoms with Crippen molar-refractivity contribution in [2.45, 2.75) is 31.8 Å². The highest BCUT2D eigenvalue weighted by atomic mass is 16.3. The number of rotatable bonds is 1. The smallest absolute Gasteiger partial charge is 0.0902 e. The van der Waals surface area contributed by atoms with E-state index >= 15 is 0 Å². The topological polar surface area (TPSA) is 40.5 Å². The summed E-state index contributed by atoms with van der Waals surface area (Å²) in [4.78, 5) is 0. The lowest BCUT2D eigenvalue weighted by Gasteiger charge is -2.24. The minimum Gasteiger partial charge on any atom is -0.393 e. The molecule has 2 N–H and O–H groups in total. The summed E-state index contributed by atoms with van der Waals surface area (Å²) in [7, 11) is 0. The summed E-state index contributed by atoms with van der Waals surface area (Å²) in [5.41, 5.74) is -0.750. The molecule has 1 fully saturated rings. The summed E-state index contributed by atoms with van der Waals surface area (Å²) in [6.45, 7) is 1.91. The SMILES string of the molecule is C[C@H]1CCC[C@]1(O)CO. The summed E-state index contributed by atoms with van der Waals surface area (Å²) in [5, 5.41) is 18.3. The van der Waals surface area contributed by atoms with Gasteiger partial charge in [0.15, 0.2) is 0 Å². The largest absolute Gasteiger partial charge is 0.393 e. The first kappa shape index (κ1) is 7.03. The van der Waals surface area contributed by atoms with Crippen molar-refractivity contribution in [2.24, 2.45) is 5.92 Å². The van der Waals surface area contributed by atoms with E-state index in [1.807, 2.05) is 6.92 Å². The van der Waals surface area contributed by atoms with Gasteiger partial charge >= 0.3 is 0 Å². The Morgan fingerprint density at radius 3 is 2.56 bits per heavy atom. The maximum absolute atomic E-state index is 9.52. The zero-order valence-corrected chi connectivity index (χ0v) is 5.80. The van der Waals surface area contributed by atoms with E-state index in [0.29, 0.717) is 0 Å². The fraction of sp³-hybridized carbons (Fsp3) is 1.00. The minimum absolute atomic E-state index is 0.0752. The zero-order valence-electron chi connectivity index (χ0n) is 5.80. The Kier molecular flexibility index (Phi) is 1.78. The molecule has 0 unspecified atom stereocenters. The van der Waals surface area contributed by atoms with E-state index in [4.69, 9.17) is 5.11 Å². The van der Waals surface area contributed by atoms with Gasteiger partial charge in [-0.3, -0.25) is 0 Å². The van der Waals surface area contributed by atoms with Crippen LogP contribution in [0.2, 0.25) is 0 Å². The van der Waals surface area contributed by atoms with Crippen molar-refractivity contribution in [1.29, 1.82) is 0 Å². The molecule has 0 bridgehead atoms. The van der Waals surface area contributed by atoms with Crippen LogP contribution >= 0.6 is 0 Å². The van der Waals surface area contributed by atoms with Gasteiger partial charge in [-0.15, -0.1) is 0 Å². The van der Waals surface area contributed by atoms with E-state index in [2.05, 4.69) is 0 Å². The second-order valence-corrected chi connectivity index (χ2v) is 3.05. The van der Waals surface area contributed by atoms with Gasteiger partial charge in [0, 0.05) is 0 Å². The third kappa shape index (κ3) is 1.10. The Bertz CT molecular complexity index is 103. The molecule has 0 heterocycles. The second kappa shape index (κ2) is 2.27. The molecule has 1 aliphatic carbocycles. The van der Waals surface area contributed by atoms with Crippen molar-refractivity contribution in [1.82, 2.24) is 0 Å². The summed E-state index contributed by atoms with van der Waals surface area (Å²) in [6.07, 6.45) is 2.87. The molecule has 0 aromatic carbocycles. The number of hydrogen-bond donors (Lipinski definition) is 2. The molecule has 1 saturated carbocycles. The molecule has 0 amide bonds. The monoisotopic (exact) mass is 130 g/mol. The molecular weight excluding hydrogens is 116 g/mol. The fourth-order valence-electron chi connectivity index (χ4n) is 1.46. The van der Waals surface area contributed by atoms with Crippen LogP contribution in [-0.2, 0) is 0 Å². The normalized spacial score (nSPS) is 43.7. The van der Waals surface area contributed by atoms with E-state index in [-0.39, 0.29) is 12.5 Å². The molecular formula is C7H14O2. The predicted octanol–water partition coefficient (Wildman–Crippen LogP) is 0.530. The van der Waals surface area contributed by atoms with Crippen molar-refractivity contribution in [3.8, 4) is 0 Å². The summed E-state index contributed by atoms with van der Waals surface area (Å²) in [5.74, 6) is 0.280. The molecule has 0 spiro atoms. The molecule has 2 nitrogen and oxygen atoms in total. The van der Waals surface area contributed by atoms with Gasteiger partial charge in [0.25, 0.3) is 0 Å². The Morgan fingerprint density at radius 2 is 2.33 bits per heavy atom. The lowest BCUT2D eigenvalue weighted by molar-refractivity contribution is -0.0390. The first-order valence-electron chi connectivity index (χ1n) is 3.52. The minimum atomic E-state index is -0.750. The number of aliphatic hydroxyl groups excluding tert-OH is 1. The molecule has 0 aromatic heterocycles. The maximum Gasteiger partial charge on any atom is 0.0902 e. The molecule has 1 rings (SSSR count).